The van der Waals surface area contributed by atoms with Gasteiger partial charge < -0.3 is 28.7 Å². The van der Waals surface area contributed by atoms with Gasteiger partial charge in [0.25, 0.3) is 0 Å². The highest BCUT2D eigenvalue weighted by molar-refractivity contribution is 5.93. The van der Waals surface area contributed by atoms with Crippen LogP contribution in [0.3, 0.4) is 0 Å². The van der Waals surface area contributed by atoms with Crippen LogP contribution < -0.4 is 28.7 Å². The van der Waals surface area contributed by atoms with E-state index in [1.165, 1.54) is 0 Å². The monoisotopic (exact) mass is 227 g/mol. The highest BCUT2D eigenvalue weighted by Gasteiger charge is 1.90. The first-order chi connectivity index (χ1) is 7.41. The number of hydrogen-bond acceptors (Lipinski definition) is 2. The topological polar surface area (TPSA) is 180 Å². The molecular weight excluding hydrogens is 210 g/mol. The van der Waals surface area contributed by atoms with E-state index in [-0.39, 0.29) is 17.9 Å². The fraction of sp³-hybridized carbons (Fsp3) is 0.429. The van der Waals surface area contributed by atoms with Crippen molar-refractivity contribution in [3.05, 3.63) is 0 Å². The largest absolute Gasteiger partial charge is 0.387 e. The Morgan fingerprint density at radius 1 is 0.812 bits per heavy atom. The maximum absolute atomic E-state index is 5.41. The SMILES string of the molecule is C/C(N)=N/C(N)=NCCN=C(N)N=C(N)N. The number of aliphatic imine (C=N–C) groups is 4. The maximum atomic E-state index is 5.41. The van der Waals surface area contributed by atoms with Crippen LogP contribution in [0, 0.1) is 0 Å². The second-order valence-corrected chi connectivity index (χ2v) is 2.77. The molecule has 0 aromatic carbocycles. The smallest absolute Gasteiger partial charge is 0.218 e. The molecule has 16 heavy (non-hydrogen) atoms. The molecule has 0 fully saturated rings. The van der Waals surface area contributed by atoms with Gasteiger partial charge in [-0.15, -0.1) is 0 Å². The summed E-state index contributed by atoms with van der Waals surface area (Å²) in [5.74, 6) is 0.278. The molecule has 0 aliphatic rings. The highest BCUT2D eigenvalue weighted by atomic mass is 15.1. The van der Waals surface area contributed by atoms with Gasteiger partial charge in [0.2, 0.25) is 11.9 Å². The van der Waals surface area contributed by atoms with E-state index < -0.39 is 0 Å². The minimum absolute atomic E-state index is 0.00715. The van der Waals surface area contributed by atoms with Crippen molar-refractivity contribution in [2.75, 3.05) is 13.1 Å². The van der Waals surface area contributed by atoms with Gasteiger partial charge in [0.15, 0.2) is 5.96 Å². The van der Waals surface area contributed by atoms with E-state index >= 15 is 0 Å². The normalized spacial score (nSPS) is 13.7. The van der Waals surface area contributed by atoms with E-state index in [1.807, 2.05) is 0 Å². The van der Waals surface area contributed by atoms with Crippen molar-refractivity contribution in [2.45, 2.75) is 6.92 Å². The standard InChI is InChI=1S/C7H17N9/c1-4(8)15-6(11)13-2-3-14-7(12)16-5(9)10/h2-3H2,1H3,(H4,8,11,13,15)(H6,9,10,12,14,16). The van der Waals surface area contributed by atoms with Crippen LogP contribution in [0.2, 0.25) is 0 Å². The number of guanidine groups is 3. The van der Waals surface area contributed by atoms with Crippen molar-refractivity contribution in [3.8, 4) is 0 Å². The van der Waals surface area contributed by atoms with Gasteiger partial charge in [0, 0.05) is 0 Å². The quantitative estimate of drug-likeness (QED) is 0.199. The van der Waals surface area contributed by atoms with Crippen molar-refractivity contribution in [3.63, 3.8) is 0 Å². The average Bonchev–Trinajstić information content (AvgIpc) is 2.10. The van der Waals surface area contributed by atoms with Gasteiger partial charge in [-0.05, 0) is 6.92 Å². The van der Waals surface area contributed by atoms with Crippen molar-refractivity contribution in [1.29, 1.82) is 0 Å². The maximum Gasteiger partial charge on any atom is 0.218 e. The number of rotatable bonds is 3. The molecule has 0 aromatic rings. The van der Waals surface area contributed by atoms with Crippen molar-refractivity contribution in [2.24, 2.45) is 48.6 Å². The molecule has 0 spiro atoms. The molecule has 0 amide bonds. The van der Waals surface area contributed by atoms with Crippen LogP contribution in [-0.2, 0) is 0 Å². The molecule has 0 saturated heterocycles. The summed E-state index contributed by atoms with van der Waals surface area (Å²) in [5.41, 5.74) is 26.2. The molecule has 10 N–H and O–H groups in total. The highest BCUT2D eigenvalue weighted by Crippen LogP contribution is 1.79. The molecule has 9 nitrogen and oxygen atoms in total. The molecule has 0 bridgehead atoms. The minimum Gasteiger partial charge on any atom is -0.387 e. The van der Waals surface area contributed by atoms with Crippen LogP contribution in [0.4, 0.5) is 0 Å². The van der Waals surface area contributed by atoms with Gasteiger partial charge in [-0.25, -0.2) is 15.0 Å². The Hall–Kier alpha value is -2.32. The van der Waals surface area contributed by atoms with Gasteiger partial charge >= 0.3 is 0 Å². The predicted octanol–water partition coefficient (Wildman–Crippen LogP) is -2.73. The lowest BCUT2D eigenvalue weighted by Gasteiger charge is -1.95. The summed E-state index contributed by atoms with van der Waals surface area (Å²) >= 11 is 0. The fourth-order valence-electron chi connectivity index (χ4n) is 0.713. The van der Waals surface area contributed by atoms with E-state index in [9.17, 15) is 0 Å². The van der Waals surface area contributed by atoms with Crippen molar-refractivity contribution >= 4 is 23.7 Å². The molecule has 0 aliphatic carbocycles. The van der Waals surface area contributed by atoms with Crippen LogP contribution in [0.1, 0.15) is 6.92 Å². The number of hydrogen-bond donors (Lipinski definition) is 5. The third-order valence-corrected chi connectivity index (χ3v) is 1.18. The molecule has 9 heteroatoms. The first-order valence-electron chi connectivity index (χ1n) is 4.42. The van der Waals surface area contributed by atoms with Crippen molar-refractivity contribution < 1.29 is 0 Å². The van der Waals surface area contributed by atoms with Gasteiger partial charge in [-0.3, -0.25) is 0 Å². The number of nitrogens with zero attached hydrogens (tertiary/aromatic N) is 4. The summed E-state index contributed by atoms with van der Waals surface area (Å²) in [5, 5.41) is 0. The average molecular weight is 227 g/mol. The lowest BCUT2D eigenvalue weighted by molar-refractivity contribution is 0.963. The van der Waals surface area contributed by atoms with E-state index in [0.717, 1.165) is 0 Å². The summed E-state index contributed by atoms with van der Waals surface area (Å²) < 4.78 is 0. The molecule has 90 valence electrons. The Kier molecular flexibility index (Phi) is 6.02. The van der Waals surface area contributed by atoms with Crippen LogP contribution in [0.5, 0.6) is 0 Å². The Morgan fingerprint density at radius 2 is 1.25 bits per heavy atom. The van der Waals surface area contributed by atoms with Gasteiger partial charge in [-0.1, -0.05) is 0 Å². The molecule has 0 heterocycles. The lowest BCUT2D eigenvalue weighted by atomic mass is 10.6. The van der Waals surface area contributed by atoms with Crippen LogP contribution in [0.25, 0.3) is 0 Å². The number of nitrogens with two attached hydrogens (primary N) is 5. The zero-order chi connectivity index (χ0) is 12.6. The van der Waals surface area contributed by atoms with Gasteiger partial charge in [-0.2, -0.15) is 4.99 Å². The zero-order valence-corrected chi connectivity index (χ0v) is 9.09. The molecule has 0 saturated carbocycles. The van der Waals surface area contributed by atoms with Crippen molar-refractivity contribution in [1.82, 2.24) is 0 Å². The zero-order valence-electron chi connectivity index (χ0n) is 9.09. The Bertz CT molecular complexity index is 296. The second kappa shape index (κ2) is 7.04. The third-order valence-electron chi connectivity index (χ3n) is 1.18. The molecule has 0 aliphatic heterocycles. The van der Waals surface area contributed by atoms with Gasteiger partial charge in [0.1, 0.15) is 0 Å². The number of amidine groups is 1. The first kappa shape index (κ1) is 13.7. The van der Waals surface area contributed by atoms with E-state index in [2.05, 4.69) is 20.0 Å². The van der Waals surface area contributed by atoms with Crippen LogP contribution in [0.15, 0.2) is 20.0 Å². The Labute approximate surface area is 93.2 Å². The second-order valence-electron chi connectivity index (χ2n) is 2.77. The molecule has 0 unspecified atom stereocenters. The predicted molar refractivity (Wildman–Crippen MR) is 66.1 cm³/mol. The van der Waals surface area contributed by atoms with E-state index in [0.29, 0.717) is 18.9 Å². The molecule has 0 radical (unpaired) electrons. The van der Waals surface area contributed by atoms with Crippen LogP contribution in [-0.4, -0.2) is 36.8 Å². The summed E-state index contributed by atoms with van der Waals surface area (Å²) in [6, 6.07) is 0. The van der Waals surface area contributed by atoms with E-state index in [1.54, 1.807) is 6.92 Å². The molecule has 0 aromatic heterocycles. The summed E-state index contributed by atoms with van der Waals surface area (Å²) in [6.45, 7) is 2.24. The minimum atomic E-state index is -0.146. The fourth-order valence-corrected chi connectivity index (χ4v) is 0.713. The summed E-state index contributed by atoms with van der Waals surface area (Å²) in [6.07, 6.45) is 0. The molecular formula is C7H17N9. The van der Waals surface area contributed by atoms with Gasteiger partial charge in [0.05, 0.1) is 18.9 Å². The molecule has 0 atom stereocenters. The molecule has 0 rings (SSSR count). The lowest BCUT2D eigenvalue weighted by Crippen LogP contribution is -2.26. The van der Waals surface area contributed by atoms with E-state index in [4.69, 9.17) is 28.7 Å². The first-order valence-corrected chi connectivity index (χ1v) is 4.42. The summed E-state index contributed by atoms with van der Waals surface area (Å²) in [4.78, 5) is 14.9. The Balaban J connectivity index is 4.10. The third kappa shape index (κ3) is 8.29. The summed E-state index contributed by atoms with van der Waals surface area (Å²) in [7, 11) is 0. The van der Waals surface area contributed by atoms with Crippen LogP contribution >= 0.6 is 0 Å². The Morgan fingerprint density at radius 3 is 1.62 bits per heavy atom.